The van der Waals surface area contributed by atoms with Crippen molar-refractivity contribution in [2.45, 2.75) is 6.92 Å². The number of amides is 1. The first-order valence-electron chi connectivity index (χ1n) is 6.34. The molecule has 0 saturated heterocycles. The largest absolute Gasteiger partial charge is 0.319 e. The van der Waals surface area contributed by atoms with Crippen molar-refractivity contribution >= 4 is 17.7 Å². The molecule has 0 heterocycles. The Bertz CT molecular complexity index is 744. The molecule has 0 radical (unpaired) electrons. The standard InChI is InChI=1S/C17H13FN2O/c1-12-5-4-6-13(9-12)10-14(11-19)17(21)20-16-8-3-2-7-15(16)18/h2-10H,1H3,(H,20,21)/b14-10+. The fourth-order valence-electron chi connectivity index (χ4n) is 1.83. The minimum absolute atomic E-state index is 0.0490. The summed E-state index contributed by atoms with van der Waals surface area (Å²) in [5.41, 5.74) is 1.74. The second kappa shape index (κ2) is 6.49. The Morgan fingerprint density at radius 3 is 2.67 bits per heavy atom. The molecule has 3 nitrogen and oxygen atoms in total. The van der Waals surface area contributed by atoms with Crippen LogP contribution >= 0.6 is 0 Å². The molecule has 0 aromatic heterocycles. The van der Waals surface area contributed by atoms with Crippen LogP contribution in [0.1, 0.15) is 11.1 Å². The maximum atomic E-state index is 13.5. The molecule has 0 atom stereocenters. The molecule has 1 amide bonds. The minimum Gasteiger partial charge on any atom is -0.319 e. The molecule has 0 aliphatic rings. The molecule has 0 aliphatic heterocycles. The summed E-state index contributed by atoms with van der Waals surface area (Å²) in [6.07, 6.45) is 1.48. The molecule has 0 aliphatic carbocycles. The number of hydrogen-bond donors (Lipinski definition) is 1. The average molecular weight is 280 g/mol. The predicted molar refractivity (Wildman–Crippen MR) is 79.8 cm³/mol. The Morgan fingerprint density at radius 2 is 2.00 bits per heavy atom. The third kappa shape index (κ3) is 3.77. The fraction of sp³-hybridized carbons (Fsp3) is 0.0588. The topological polar surface area (TPSA) is 52.9 Å². The van der Waals surface area contributed by atoms with Crippen LogP contribution in [0.4, 0.5) is 10.1 Å². The van der Waals surface area contributed by atoms with Crippen molar-refractivity contribution in [3.05, 3.63) is 71.0 Å². The van der Waals surface area contributed by atoms with Crippen molar-refractivity contribution in [3.63, 3.8) is 0 Å². The summed E-state index contributed by atoms with van der Waals surface area (Å²) in [5, 5.41) is 11.5. The van der Waals surface area contributed by atoms with Gasteiger partial charge in [0.2, 0.25) is 0 Å². The highest BCUT2D eigenvalue weighted by molar-refractivity contribution is 6.09. The van der Waals surface area contributed by atoms with Crippen LogP contribution in [0.3, 0.4) is 0 Å². The Hall–Kier alpha value is -2.93. The van der Waals surface area contributed by atoms with Gasteiger partial charge in [0.05, 0.1) is 5.69 Å². The van der Waals surface area contributed by atoms with E-state index in [0.29, 0.717) is 0 Å². The first-order valence-corrected chi connectivity index (χ1v) is 6.34. The Morgan fingerprint density at radius 1 is 1.24 bits per heavy atom. The highest BCUT2D eigenvalue weighted by Gasteiger charge is 2.11. The fourth-order valence-corrected chi connectivity index (χ4v) is 1.83. The monoisotopic (exact) mass is 280 g/mol. The third-order valence-corrected chi connectivity index (χ3v) is 2.84. The van der Waals surface area contributed by atoms with Gasteiger partial charge in [-0.25, -0.2) is 4.39 Å². The lowest BCUT2D eigenvalue weighted by molar-refractivity contribution is -0.112. The van der Waals surface area contributed by atoms with Gasteiger partial charge in [0.1, 0.15) is 17.5 Å². The van der Waals surface area contributed by atoms with Gasteiger partial charge in [0.15, 0.2) is 0 Å². The molecule has 0 saturated carbocycles. The molecule has 104 valence electrons. The van der Waals surface area contributed by atoms with Gasteiger partial charge in [-0.15, -0.1) is 0 Å². The van der Waals surface area contributed by atoms with Crippen molar-refractivity contribution in [2.75, 3.05) is 5.32 Å². The lowest BCUT2D eigenvalue weighted by Crippen LogP contribution is -2.14. The number of nitrogens with one attached hydrogen (secondary N) is 1. The molecule has 1 N–H and O–H groups in total. The van der Waals surface area contributed by atoms with Gasteiger partial charge in [-0.05, 0) is 30.7 Å². The summed E-state index contributed by atoms with van der Waals surface area (Å²) >= 11 is 0. The number of benzene rings is 2. The van der Waals surface area contributed by atoms with Crippen molar-refractivity contribution in [1.82, 2.24) is 0 Å². The van der Waals surface area contributed by atoms with E-state index >= 15 is 0 Å². The van der Waals surface area contributed by atoms with E-state index in [0.717, 1.165) is 11.1 Å². The van der Waals surface area contributed by atoms with Gasteiger partial charge in [-0.1, -0.05) is 42.0 Å². The number of para-hydroxylation sites is 1. The van der Waals surface area contributed by atoms with E-state index in [4.69, 9.17) is 5.26 Å². The van der Waals surface area contributed by atoms with Crippen LogP contribution in [0.15, 0.2) is 54.1 Å². The van der Waals surface area contributed by atoms with E-state index < -0.39 is 11.7 Å². The van der Waals surface area contributed by atoms with Crippen molar-refractivity contribution in [1.29, 1.82) is 5.26 Å². The molecule has 2 aromatic rings. The number of carbonyl (C=O) groups excluding carboxylic acids is 1. The maximum Gasteiger partial charge on any atom is 0.266 e. The van der Waals surface area contributed by atoms with E-state index in [1.807, 2.05) is 31.2 Å². The summed E-state index contributed by atoms with van der Waals surface area (Å²) in [6, 6.07) is 15.1. The van der Waals surface area contributed by atoms with E-state index in [2.05, 4.69) is 5.32 Å². The summed E-state index contributed by atoms with van der Waals surface area (Å²) in [6.45, 7) is 1.92. The molecule has 0 spiro atoms. The number of halogens is 1. The number of aryl methyl sites for hydroxylation is 1. The lowest BCUT2D eigenvalue weighted by Gasteiger charge is -2.05. The SMILES string of the molecule is Cc1cccc(/C=C(\C#N)C(=O)Nc2ccccc2F)c1. The average Bonchev–Trinajstić information content (AvgIpc) is 2.47. The van der Waals surface area contributed by atoms with E-state index in [1.54, 1.807) is 12.1 Å². The summed E-state index contributed by atoms with van der Waals surface area (Å²) < 4.78 is 13.5. The minimum atomic E-state index is -0.635. The van der Waals surface area contributed by atoms with E-state index in [9.17, 15) is 9.18 Å². The zero-order valence-electron chi connectivity index (χ0n) is 11.4. The van der Waals surface area contributed by atoms with Gasteiger partial charge in [-0.2, -0.15) is 5.26 Å². The highest BCUT2D eigenvalue weighted by Crippen LogP contribution is 2.15. The van der Waals surface area contributed by atoms with Crippen LogP contribution in [-0.4, -0.2) is 5.91 Å². The van der Waals surface area contributed by atoms with Gasteiger partial charge in [0, 0.05) is 0 Å². The number of hydrogen-bond acceptors (Lipinski definition) is 2. The van der Waals surface area contributed by atoms with Crippen molar-refractivity contribution in [3.8, 4) is 6.07 Å². The van der Waals surface area contributed by atoms with Gasteiger partial charge in [0.25, 0.3) is 5.91 Å². The molecular weight excluding hydrogens is 267 g/mol. The Balaban J connectivity index is 2.24. The number of rotatable bonds is 3. The van der Waals surface area contributed by atoms with Gasteiger partial charge in [-0.3, -0.25) is 4.79 Å². The van der Waals surface area contributed by atoms with Crippen molar-refractivity contribution in [2.24, 2.45) is 0 Å². The Kier molecular flexibility index (Phi) is 4.47. The van der Waals surface area contributed by atoms with Crippen LogP contribution in [0.25, 0.3) is 6.08 Å². The molecule has 0 bridgehead atoms. The highest BCUT2D eigenvalue weighted by atomic mass is 19.1. The normalized spacial score (nSPS) is 10.8. The second-order valence-electron chi connectivity index (χ2n) is 4.52. The molecule has 2 rings (SSSR count). The lowest BCUT2D eigenvalue weighted by atomic mass is 10.1. The summed E-state index contributed by atoms with van der Waals surface area (Å²) in [7, 11) is 0. The van der Waals surface area contributed by atoms with Crippen molar-refractivity contribution < 1.29 is 9.18 Å². The first kappa shape index (κ1) is 14.5. The van der Waals surface area contributed by atoms with Crippen LogP contribution in [0.2, 0.25) is 0 Å². The van der Waals surface area contributed by atoms with Gasteiger partial charge < -0.3 is 5.32 Å². The summed E-state index contributed by atoms with van der Waals surface area (Å²) in [5.74, 6) is -1.18. The van der Waals surface area contributed by atoms with E-state index in [1.165, 1.54) is 24.3 Å². The predicted octanol–water partition coefficient (Wildman–Crippen LogP) is 3.68. The molecule has 21 heavy (non-hydrogen) atoms. The Labute approximate surface area is 122 Å². The van der Waals surface area contributed by atoms with Gasteiger partial charge >= 0.3 is 0 Å². The zero-order chi connectivity index (χ0) is 15.2. The van der Waals surface area contributed by atoms with Crippen LogP contribution in [0, 0.1) is 24.1 Å². The molecule has 0 unspecified atom stereocenters. The van der Waals surface area contributed by atoms with Crippen LogP contribution in [0.5, 0.6) is 0 Å². The molecular formula is C17H13FN2O. The summed E-state index contributed by atoms with van der Waals surface area (Å²) in [4.78, 5) is 12.0. The van der Waals surface area contributed by atoms with E-state index in [-0.39, 0.29) is 11.3 Å². The molecule has 4 heteroatoms. The number of nitrogens with zero attached hydrogens (tertiary/aromatic N) is 1. The molecule has 2 aromatic carbocycles. The van der Waals surface area contributed by atoms with Crippen LogP contribution < -0.4 is 5.32 Å². The quantitative estimate of drug-likeness (QED) is 0.688. The zero-order valence-corrected chi connectivity index (χ0v) is 11.4. The first-order chi connectivity index (χ1) is 10.1. The molecule has 0 fully saturated rings. The third-order valence-electron chi connectivity index (χ3n) is 2.84. The number of nitriles is 1. The number of carbonyl (C=O) groups is 1. The number of anilines is 1. The van der Waals surface area contributed by atoms with Crippen LogP contribution in [-0.2, 0) is 4.79 Å². The maximum absolute atomic E-state index is 13.5. The second-order valence-corrected chi connectivity index (χ2v) is 4.52. The smallest absolute Gasteiger partial charge is 0.266 e.